The summed E-state index contributed by atoms with van der Waals surface area (Å²) in [6, 6.07) is 9.16. The molecule has 8 heteroatoms. The van der Waals surface area contributed by atoms with Crippen LogP contribution in [-0.2, 0) is 13.1 Å². The van der Waals surface area contributed by atoms with Gasteiger partial charge in [0.05, 0.1) is 19.1 Å². The molecule has 0 saturated heterocycles. The van der Waals surface area contributed by atoms with Gasteiger partial charge in [0.25, 0.3) is 0 Å². The summed E-state index contributed by atoms with van der Waals surface area (Å²) >= 11 is 0. The minimum Gasteiger partial charge on any atom is -0.472 e. The van der Waals surface area contributed by atoms with E-state index in [-0.39, 0.29) is 6.03 Å². The number of tetrazole rings is 1. The first-order valence-corrected chi connectivity index (χ1v) is 8.14. The number of hydrogen-bond donors (Lipinski definition) is 1. The second-order valence-corrected chi connectivity index (χ2v) is 5.47. The van der Waals surface area contributed by atoms with Gasteiger partial charge in [0, 0.05) is 29.9 Å². The molecule has 1 N–H and O–H groups in total. The number of rotatable bonds is 6. The first kappa shape index (κ1) is 16.7. The van der Waals surface area contributed by atoms with Crippen molar-refractivity contribution in [3.05, 3.63) is 48.4 Å². The van der Waals surface area contributed by atoms with Crippen LogP contribution in [-0.4, -0.2) is 37.7 Å². The van der Waals surface area contributed by atoms with Crippen LogP contribution in [0.2, 0.25) is 0 Å². The Bertz CT molecular complexity index is 827. The number of amides is 2. The first-order valence-electron chi connectivity index (χ1n) is 8.14. The van der Waals surface area contributed by atoms with E-state index in [0.29, 0.717) is 31.1 Å². The summed E-state index contributed by atoms with van der Waals surface area (Å²) in [5.74, 6) is 0.671. The minimum absolute atomic E-state index is 0.170. The van der Waals surface area contributed by atoms with E-state index < -0.39 is 0 Å². The molecule has 25 heavy (non-hydrogen) atoms. The molecule has 0 fully saturated rings. The molecular weight excluding hydrogens is 320 g/mol. The van der Waals surface area contributed by atoms with Gasteiger partial charge in [0.1, 0.15) is 0 Å². The zero-order valence-electron chi connectivity index (χ0n) is 14.2. The fraction of sp³-hybridized carbons (Fsp3) is 0.294. The molecule has 1 aromatic carbocycles. The molecule has 0 bridgehead atoms. The number of nitrogens with one attached hydrogen (secondary N) is 1. The molecule has 3 rings (SSSR count). The molecule has 2 amide bonds. The Morgan fingerprint density at radius 1 is 1.32 bits per heavy atom. The van der Waals surface area contributed by atoms with Crippen LogP contribution in [0.3, 0.4) is 0 Å². The normalized spacial score (nSPS) is 10.6. The van der Waals surface area contributed by atoms with Crippen molar-refractivity contribution in [1.29, 1.82) is 0 Å². The van der Waals surface area contributed by atoms with Crippen molar-refractivity contribution in [3.8, 4) is 11.4 Å². The molecule has 2 aromatic heterocycles. The van der Waals surface area contributed by atoms with Crippen molar-refractivity contribution in [3.63, 3.8) is 0 Å². The van der Waals surface area contributed by atoms with Crippen LogP contribution in [0.5, 0.6) is 0 Å². The Balaban J connectivity index is 1.74. The predicted octanol–water partition coefficient (Wildman–Crippen LogP) is 3.01. The summed E-state index contributed by atoms with van der Waals surface area (Å²) in [4.78, 5) is 14.2. The van der Waals surface area contributed by atoms with Crippen LogP contribution in [0.4, 0.5) is 10.5 Å². The lowest BCUT2D eigenvalue weighted by Crippen LogP contribution is -2.34. The quantitative estimate of drug-likeness (QED) is 0.745. The van der Waals surface area contributed by atoms with E-state index in [1.165, 1.54) is 0 Å². The molecule has 130 valence electrons. The van der Waals surface area contributed by atoms with E-state index in [0.717, 1.165) is 11.1 Å². The molecule has 3 aromatic rings. The molecule has 0 aliphatic rings. The third-order valence-corrected chi connectivity index (χ3v) is 3.83. The zero-order valence-corrected chi connectivity index (χ0v) is 14.2. The lowest BCUT2D eigenvalue weighted by molar-refractivity contribution is 0.212. The van der Waals surface area contributed by atoms with E-state index in [4.69, 9.17) is 4.42 Å². The van der Waals surface area contributed by atoms with Gasteiger partial charge in [-0.15, -0.1) is 5.10 Å². The first-order chi connectivity index (χ1) is 12.2. The fourth-order valence-corrected chi connectivity index (χ4v) is 2.49. The Kier molecular flexibility index (Phi) is 5.08. The minimum atomic E-state index is -0.170. The van der Waals surface area contributed by atoms with Gasteiger partial charge in [-0.1, -0.05) is 12.1 Å². The number of carbonyl (C=O) groups is 1. The smallest absolute Gasteiger partial charge is 0.322 e. The van der Waals surface area contributed by atoms with Crippen LogP contribution in [0.1, 0.15) is 19.4 Å². The number of aryl methyl sites for hydroxylation is 1. The summed E-state index contributed by atoms with van der Waals surface area (Å²) in [5, 5.41) is 14.6. The van der Waals surface area contributed by atoms with Gasteiger partial charge in [0.15, 0.2) is 5.82 Å². The molecule has 0 atom stereocenters. The number of carbonyl (C=O) groups excluding carboxylic acids is 1. The van der Waals surface area contributed by atoms with Gasteiger partial charge in [0.2, 0.25) is 0 Å². The van der Waals surface area contributed by atoms with Gasteiger partial charge in [-0.25, -0.2) is 9.48 Å². The van der Waals surface area contributed by atoms with Crippen LogP contribution in [0, 0.1) is 0 Å². The van der Waals surface area contributed by atoms with Gasteiger partial charge in [-0.05, 0) is 42.5 Å². The van der Waals surface area contributed by atoms with Crippen molar-refractivity contribution in [2.45, 2.75) is 26.9 Å². The summed E-state index contributed by atoms with van der Waals surface area (Å²) in [6.45, 7) is 5.66. The zero-order chi connectivity index (χ0) is 17.6. The van der Waals surface area contributed by atoms with E-state index in [1.54, 1.807) is 22.1 Å². The average Bonchev–Trinajstić information content (AvgIpc) is 3.31. The number of urea groups is 1. The summed E-state index contributed by atoms with van der Waals surface area (Å²) in [5.41, 5.74) is 2.49. The van der Waals surface area contributed by atoms with Gasteiger partial charge in [-0.3, -0.25) is 0 Å². The Morgan fingerprint density at radius 3 is 2.92 bits per heavy atom. The predicted molar refractivity (Wildman–Crippen MR) is 92.7 cm³/mol. The van der Waals surface area contributed by atoms with Crippen LogP contribution in [0.15, 0.2) is 47.3 Å². The second kappa shape index (κ2) is 7.61. The van der Waals surface area contributed by atoms with E-state index in [9.17, 15) is 4.79 Å². The maximum absolute atomic E-state index is 12.5. The standard InChI is InChI=1S/C17H20N6O2/c1-3-22(11-13-8-9-25-12-13)17(24)18-15-7-5-6-14(10-15)16-19-20-21-23(16)4-2/h5-10,12H,3-4,11H2,1-2H3,(H,18,24). The number of hydrogen-bond acceptors (Lipinski definition) is 5. The monoisotopic (exact) mass is 340 g/mol. The largest absolute Gasteiger partial charge is 0.472 e. The SMILES string of the molecule is CCN(Cc1ccoc1)C(=O)Nc1cccc(-c2nnnn2CC)c1. The lowest BCUT2D eigenvalue weighted by atomic mass is 10.2. The Hall–Kier alpha value is -3.16. The molecule has 0 unspecified atom stereocenters. The molecule has 0 spiro atoms. The lowest BCUT2D eigenvalue weighted by Gasteiger charge is -2.20. The summed E-state index contributed by atoms with van der Waals surface area (Å²) in [6.07, 6.45) is 3.24. The van der Waals surface area contributed by atoms with Gasteiger partial charge < -0.3 is 14.6 Å². The highest BCUT2D eigenvalue weighted by molar-refractivity contribution is 5.90. The molecular formula is C17H20N6O2. The third kappa shape index (κ3) is 3.85. The molecule has 2 heterocycles. The van der Waals surface area contributed by atoms with Crippen LogP contribution in [0.25, 0.3) is 11.4 Å². The third-order valence-electron chi connectivity index (χ3n) is 3.83. The molecule has 0 aliphatic heterocycles. The second-order valence-electron chi connectivity index (χ2n) is 5.47. The van der Waals surface area contributed by atoms with Gasteiger partial charge in [-0.2, -0.15) is 0 Å². The highest BCUT2D eigenvalue weighted by Crippen LogP contribution is 2.20. The maximum Gasteiger partial charge on any atom is 0.322 e. The van der Waals surface area contributed by atoms with E-state index >= 15 is 0 Å². The van der Waals surface area contributed by atoms with Crippen LogP contribution >= 0.6 is 0 Å². The van der Waals surface area contributed by atoms with E-state index in [2.05, 4.69) is 20.8 Å². The summed E-state index contributed by atoms with van der Waals surface area (Å²) < 4.78 is 6.76. The van der Waals surface area contributed by atoms with Crippen molar-refractivity contribution < 1.29 is 9.21 Å². The summed E-state index contributed by atoms with van der Waals surface area (Å²) in [7, 11) is 0. The van der Waals surface area contributed by atoms with Crippen molar-refractivity contribution in [2.24, 2.45) is 0 Å². The van der Waals surface area contributed by atoms with Crippen molar-refractivity contribution in [1.82, 2.24) is 25.1 Å². The highest BCUT2D eigenvalue weighted by atomic mass is 16.3. The maximum atomic E-state index is 12.5. The number of aromatic nitrogens is 4. The van der Waals surface area contributed by atoms with E-state index in [1.807, 2.05) is 44.2 Å². The van der Waals surface area contributed by atoms with Crippen molar-refractivity contribution >= 4 is 11.7 Å². The number of anilines is 1. The topological polar surface area (TPSA) is 89.1 Å². The number of benzene rings is 1. The molecule has 8 nitrogen and oxygen atoms in total. The Labute approximate surface area is 145 Å². The van der Waals surface area contributed by atoms with Gasteiger partial charge >= 0.3 is 6.03 Å². The average molecular weight is 340 g/mol. The fourth-order valence-electron chi connectivity index (χ4n) is 2.49. The van der Waals surface area contributed by atoms with Crippen molar-refractivity contribution in [2.75, 3.05) is 11.9 Å². The molecule has 0 radical (unpaired) electrons. The Morgan fingerprint density at radius 2 is 2.20 bits per heavy atom. The highest BCUT2D eigenvalue weighted by Gasteiger charge is 2.14. The molecule has 0 saturated carbocycles. The number of furan rings is 1. The molecule has 0 aliphatic carbocycles. The number of nitrogens with zero attached hydrogens (tertiary/aromatic N) is 5. The van der Waals surface area contributed by atoms with Crippen LogP contribution < -0.4 is 5.32 Å².